The summed E-state index contributed by atoms with van der Waals surface area (Å²) >= 11 is 0. The van der Waals surface area contributed by atoms with E-state index in [-0.39, 0.29) is 18.7 Å². The molecular formula is C9H12N2O5. The standard InChI is InChI=1S/C9H12N2O5/c1-6(2)8(13)16-11-5-4-10(9(11)14)15-7(3)12/h1,4-5H2,2-3H3. The van der Waals surface area contributed by atoms with Crippen molar-refractivity contribution in [3.63, 3.8) is 0 Å². The molecule has 88 valence electrons. The van der Waals surface area contributed by atoms with Gasteiger partial charge in [0.05, 0.1) is 13.1 Å². The largest absolute Gasteiger partial charge is 0.386 e. The van der Waals surface area contributed by atoms with Crippen molar-refractivity contribution >= 4 is 18.0 Å². The van der Waals surface area contributed by atoms with Crippen LogP contribution in [0.3, 0.4) is 0 Å². The van der Waals surface area contributed by atoms with Gasteiger partial charge in [0.15, 0.2) is 0 Å². The van der Waals surface area contributed by atoms with Crippen molar-refractivity contribution in [3.8, 4) is 0 Å². The minimum atomic E-state index is -0.696. The fourth-order valence-electron chi connectivity index (χ4n) is 1.000. The van der Waals surface area contributed by atoms with Crippen LogP contribution >= 0.6 is 0 Å². The van der Waals surface area contributed by atoms with Gasteiger partial charge in [-0.1, -0.05) is 6.58 Å². The Morgan fingerprint density at radius 1 is 1.19 bits per heavy atom. The predicted octanol–water partition coefficient (Wildman–Crippen LogP) is 0.236. The summed E-state index contributed by atoms with van der Waals surface area (Å²) in [5.74, 6) is -1.31. The lowest BCUT2D eigenvalue weighted by Gasteiger charge is -2.15. The van der Waals surface area contributed by atoms with E-state index in [0.717, 1.165) is 10.1 Å². The van der Waals surface area contributed by atoms with Gasteiger partial charge in [-0.3, -0.25) is 4.79 Å². The van der Waals surface area contributed by atoms with Crippen molar-refractivity contribution in [1.29, 1.82) is 0 Å². The number of rotatable bonds is 3. The topological polar surface area (TPSA) is 76.2 Å². The van der Waals surface area contributed by atoms with Gasteiger partial charge in [-0.2, -0.15) is 0 Å². The molecule has 2 amide bonds. The monoisotopic (exact) mass is 228 g/mol. The molecule has 0 aliphatic carbocycles. The molecule has 0 atom stereocenters. The van der Waals surface area contributed by atoms with Gasteiger partial charge in [-0.15, -0.1) is 10.1 Å². The van der Waals surface area contributed by atoms with E-state index >= 15 is 0 Å². The predicted molar refractivity (Wildman–Crippen MR) is 51.5 cm³/mol. The van der Waals surface area contributed by atoms with Crippen LogP contribution in [0.25, 0.3) is 0 Å². The van der Waals surface area contributed by atoms with Gasteiger partial charge in [-0.25, -0.2) is 9.59 Å². The Morgan fingerprint density at radius 2 is 1.69 bits per heavy atom. The molecule has 16 heavy (non-hydrogen) atoms. The number of amides is 2. The summed E-state index contributed by atoms with van der Waals surface area (Å²) in [4.78, 5) is 42.5. The van der Waals surface area contributed by atoms with Crippen molar-refractivity contribution in [2.24, 2.45) is 0 Å². The van der Waals surface area contributed by atoms with E-state index in [4.69, 9.17) is 4.84 Å². The fourth-order valence-corrected chi connectivity index (χ4v) is 1.000. The molecule has 7 heteroatoms. The molecule has 0 bridgehead atoms. The van der Waals surface area contributed by atoms with Crippen LogP contribution in [0.4, 0.5) is 4.79 Å². The van der Waals surface area contributed by atoms with Crippen LogP contribution in [-0.2, 0) is 19.3 Å². The third kappa shape index (κ3) is 2.72. The molecule has 1 rings (SSSR count). The SMILES string of the molecule is C=C(C)C(=O)ON1CCN(OC(C)=O)C1=O. The number of hydrogen-bond donors (Lipinski definition) is 0. The first-order chi connectivity index (χ1) is 7.41. The van der Waals surface area contributed by atoms with E-state index in [1.807, 2.05) is 0 Å². The molecule has 0 N–H and O–H groups in total. The number of hydroxylamine groups is 4. The van der Waals surface area contributed by atoms with Crippen LogP contribution in [0.15, 0.2) is 12.2 Å². The Morgan fingerprint density at radius 3 is 2.12 bits per heavy atom. The molecule has 1 fully saturated rings. The minimum absolute atomic E-state index is 0.144. The van der Waals surface area contributed by atoms with Crippen molar-refractivity contribution in [3.05, 3.63) is 12.2 Å². The van der Waals surface area contributed by atoms with Crippen LogP contribution in [0, 0.1) is 0 Å². The summed E-state index contributed by atoms with van der Waals surface area (Å²) in [6.07, 6.45) is 0. The Kier molecular flexibility index (Phi) is 3.49. The third-order valence-electron chi connectivity index (χ3n) is 1.71. The van der Waals surface area contributed by atoms with E-state index in [0.29, 0.717) is 0 Å². The second-order valence-corrected chi connectivity index (χ2v) is 3.23. The molecule has 1 aliphatic rings. The highest BCUT2D eigenvalue weighted by Crippen LogP contribution is 2.11. The quantitative estimate of drug-likeness (QED) is 0.646. The normalized spacial score (nSPS) is 15.0. The van der Waals surface area contributed by atoms with E-state index < -0.39 is 18.0 Å². The first-order valence-electron chi connectivity index (χ1n) is 4.57. The molecule has 7 nitrogen and oxygen atoms in total. The molecule has 0 saturated carbocycles. The van der Waals surface area contributed by atoms with Gasteiger partial charge in [-0.05, 0) is 6.92 Å². The van der Waals surface area contributed by atoms with Crippen LogP contribution in [0.1, 0.15) is 13.8 Å². The highest BCUT2D eigenvalue weighted by molar-refractivity contribution is 5.88. The summed E-state index contributed by atoms with van der Waals surface area (Å²) in [5.41, 5.74) is 0.179. The molecule has 0 radical (unpaired) electrons. The number of nitrogens with zero attached hydrogens (tertiary/aromatic N) is 2. The lowest BCUT2D eigenvalue weighted by Crippen LogP contribution is -2.34. The maximum Gasteiger partial charge on any atom is 0.386 e. The maximum absolute atomic E-state index is 11.5. The lowest BCUT2D eigenvalue weighted by molar-refractivity contribution is -0.177. The highest BCUT2D eigenvalue weighted by atomic mass is 16.8. The highest BCUT2D eigenvalue weighted by Gasteiger charge is 2.34. The molecule has 0 aromatic carbocycles. The molecule has 0 aromatic heterocycles. The number of carbonyl (C=O) groups excluding carboxylic acids is 3. The van der Waals surface area contributed by atoms with E-state index in [1.165, 1.54) is 13.8 Å². The second kappa shape index (κ2) is 4.65. The molecule has 0 unspecified atom stereocenters. The average molecular weight is 228 g/mol. The minimum Gasteiger partial charge on any atom is -0.337 e. The van der Waals surface area contributed by atoms with Gasteiger partial charge in [0.25, 0.3) is 0 Å². The van der Waals surface area contributed by atoms with E-state index in [9.17, 15) is 14.4 Å². The molecule has 1 aliphatic heterocycles. The molecule has 1 heterocycles. The lowest BCUT2D eigenvalue weighted by atomic mass is 10.4. The molecule has 0 spiro atoms. The van der Waals surface area contributed by atoms with Gasteiger partial charge < -0.3 is 9.68 Å². The first kappa shape index (κ1) is 12.0. The van der Waals surface area contributed by atoms with Crippen LogP contribution in [0.2, 0.25) is 0 Å². The average Bonchev–Trinajstić information content (AvgIpc) is 2.49. The van der Waals surface area contributed by atoms with Gasteiger partial charge in [0, 0.05) is 12.5 Å². The molecule has 0 aromatic rings. The summed E-state index contributed by atoms with van der Waals surface area (Å²) in [7, 11) is 0. The van der Waals surface area contributed by atoms with Crippen LogP contribution in [0.5, 0.6) is 0 Å². The van der Waals surface area contributed by atoms with Crippen molar-refractivity contribution in [1.82, 2.24) is 10.1 Å². The Balaban J connectivity index is 2.54. The molecule has 1 saturated heterocycles. The number of urea groups is 1. The third-order valence-corrected chi connectivity index (χ3v) is 1.71. The zero-order valence-electron chi connectivity index (χ0n) is 9.06. The van der Waals surface area contributed by atoms with Crippen molar-refractivity contribution in [2.75, 3.05) is 13.1 Å². The van der Waals surface area contributed by atoms with Gasteiger partial charge in [0.2, 0.25) is 0 Å². The second-order valence-electron chi connectivity index (χ2n) is 3.23. The van der Waals surface area contributed by atoms with Crippen molar-refractivity contribution < 1.29 is 24.1 Å². The molecular weight excluding hydrogens is 216 g/mol. The smallest absolute Gasteiger partial charge is 0.337 e. The maximum atomic E-state index is 11.5. The summed E-state index contributed by atoms with van der Waals surface area (Å²) < 4.78 is 0. The van der Waals surface area contributed by atoms with Gasteiger partial charge in [0.1, 0.15) is 0 Å². The number of carbonyl (C=O) groups is 3. The van der Waals surface area contributed by atoms with Gasteiger partial charge >= 0.3 is 18.0 Å². The van der Waals surface area contributed by atoms with E-state index in [2.05, 4.69) is 11.4 Å². The fraction of sp³-hybridized carbons (Fsp3) is 0.444. The zero-order valence-corrected chi connectivity index (χ0v) is 9.06. The zero-order chi connectivity index (χ0) is 12.3. The van der Waals surface area contributed by atoms with Crippen LogP contribution < -0.4 is 0 Å². The van der Waals surface area contributed by atoms with Crippen molar-refractivity contribution in [2.45, 2.75) is 13.8 Å². The first-order valence-corrected chi connectivity index (χ1v) is 4.57. The van der Waals surface area contributed by atoms with E-state index in [1.54, 1.807) is 0 Å². The van der Waals surface area contributed by atoms with Crippen LogP contribution in [-0.4, -0.2) is 41.2 Å². The summed E-state index contributed by atoms with van der Waals surface area (Å²) in [5, 5.41) is 1.65. The summed E-state index contributed by atoms with van der Waals surface area (Å²) in [6.45, 7) is 6.32. The Bertz CT molecular complexity index is 352. The summed E-state index contributed by atoms with van der Waals surface area (Å²) in [6, 6.07) is -0.690. The Hall–Kier alpha value is -2.05. The Labute approximate surface area is 92.1 Å². The number of hydrogen-bond acceptors (Lipinski definition) is 5.